The topological polar surface area (TPSA) is 59.9 Å². The van der Waals surface area contributed by atoms with Crippen LogP contribution in [0.15, 0.2) is 65.8 Å². The molecule has 5 nitrogen and oxygen atoms in total. The number of benzene rings is 2. The van der Waals surface area contributed by atoms with Crippen molar-refractivity contribution in [2.45, 2.75) is 6.10 Å². The van der Waals surface area contributed by atoms with E-state index in [1.807, 2.05) is 48.5 Å². The van der Waals surface area contributed by atoms with Gasteiger partial charge in [0, 0.05) is 6.21 Å². The molecule has 2 aromatic carbocycles. The molecule has 1 amide bonds. The number of ether oxygens (including phenoxy) is 2. The van der Waals surface area contributed by atoms with Gasteiger partial charge in [0.25, 0.3) is 5.91 Å². The summed E-state index contributed by atoms with van der Waals surface area (Å²) in [7, 11) is 0. The quantitative estimate of drug-likeness (QED) is 0.698. The zero-order valence-electron chi connectivity index (χ0n) is 12.4. The Balaban J connectivity index is 1.50. The van der Waals surface area contributed by atoms with Crippen molar-refractivity contribution in [3.63, 3.8) is 0 Å². The maximum atomic E-state index is 12.0. The van der Waals surface area contributed by atoms with Crippen molar-refractivity contribution in [2.75, 3.05) is 6.61 Å². The van der Waals surface area contributed by atoms with E-state index in [9.17, 15) is 4.79 Å². The summed E-state index contributed by atoms with van der Waals surface area (Å²) >= 11 is 0. The summed E-state index contributed by atoms with van der Waals surface area (Å²) in [6, 6.07) is 17.1. The summed E-state index contributed by atoms with van der Waals surface area (Å²) in [4.78, 5) is 12.0. The lowest BCUT2D eigenvalue weighted by atomic mass is 10.2. The number of fused-ring (bicyclic) bond motifs is 1. The summed E-state index contributed by atoms with van der Waals surface area (Å²) < 4.78 is 11.1. The average molecular weight is 308 g/mol. The van der Waals surface area contributed by atoms with E-state index >= 15 is 0 Å². The predicted octanol–water partition coefficient (Wildman–Crippen LogP) is 2.64. The second kappa shape index (κ2) is 7.26. The van der Waals surface area contributed by atoms with Gasteiger partial charge in [-0.15, -0.1) is 0 Å². The van der Waals surface area contributed by atoms with Crippen molar-refractivity contribution in [3.8, 4) is 11.5 Å². The van der Waals surface area contributed by atoms with Crippen LogP contribution in [0.4, 0.5) is 0 Å². The first-order valence-corrected chi connectivity index (χ1v) is 7.26. The maximum absolute atomic E-state index is 12.0. The first kappa shape index (κ1) is 14.8. The van der Waals surface area contributed by atoms with Crippen molar-refractivity contribution < 1.29 is 14.3 Å². The molecule has 0 bridgehead atoms. The predicted molar refractivity (Wildman–Crippen MR) is 88.5 cm³/mol. The van der Waals surface area contributed by atoms with Gasteiger partial charge in [-0.05, 0) is 23.8 Å². The molecule has 0 aromatic heterocycles. The van der Waals surface area contributed by atoms with E-state index in [-0.39, 0.29) is 12.5 Å². The number of hydrogen-bond acceptors (Lipinski definition) is 4. The summed E-state index contributed by atoms with van der Waals surface area (Å²) in [6.45, 7) is 0.165. The number of rotatable bonds is 4. The number of carbonyl (C=O) groups is 1. The van der Waals surface area contributed by atoms with E-state index in [0.29, 0.717) is 11.5 Å². The molecule has 0 saturated heterocycles. The fourth-order valence-electron chi connectivity index (χ4n) is 2.08. The highest BCUT2D eigenvalue weighted by Crippen LogP contribution is 2.30. The fraction of sp³-hybridized carbons (Fsp3) is 0.111. The van der Waals surface area contributed by atoms with E-state index in [4.69, 9.17) is 9.47 Å². The van der Waals surface area contributed by atoms with Crippen molar-refractivity contribution in [1.29, 1.82) is 0 Å². The lowest BCUT2D eigenvalue weighted by molar-refractivity contribution is -0.130. The van der Waals surface area contributed by atoms with Crippen LogP contribution in [0.1, 0.15) is 5.56 Å². The normalized spacial score (nSPS) is 16.6. The number of nitrogens with zero attached hydrogens (tertiary/aromatic N) is 1. The summed E-state index contributed by atoms with van der Waals surface area (Å²) in [5, 5.41) is 3.87. The number of para-hydroxylation sites is 2. The first-order chi connectivity index (χ1) is 11.3. The summed E-state index contributed by atoms with van der Waals surface area (Å²) in [6.07, 6.45) is 4.46. The maximum Gasteiger partial charge on any atom is 0.284 e. The number of nitrogens with one attached hydrogen (secondary N) is 1. The molecule has 23 heavy (non-hydrogen) atoms. The molecule has 5 heteroatoms. The van der Waals surface area contributed by atoms with Crippen molar-refractivity contribution >= 4 is 18.2 Å². The van der Waals surface area contributed by atoms with Gasteiger partial charge < -0.3 is 9.47 Å². The van der Waals surface area contributed by atoms with E-state index in [2.05, 4.69) is 10.5 Å². The minimum atomic E-state index is -0.708. The number of carbonyl (C=O) groups excluding carboxylic acids is 1. The average Bonchev–Trinajstić information content (AvgIpc) is 2.61. The molecule has 116 valence electrons. The Bertz CT molecular complexity index is 726. The molecule has 1 heterocycles. The van der Waals surface area contributed by atoms with Gasteiger partial charge in [-0.1, -0.05) is 48.5 Å². The van der Waals surface area contributed by atoms with Crippen LogP contribution in [-0.4, -0.2) is 24.8 Å². The van der Waals surface area contributed by atoms with Crippen LogP contribution in [0.5, 0.6) is 11.5 Å². The highest BCUT2D eigenvalue weighted by atomic mass is 16.6. The van der Waals surface area contributed by atoms with Crippen LogP contribution in [0.3, 0.4) is 0 Å². The van der Waals surface area contributed by atoms with E-state index in [1.165, 1.54) is 6.21 Å². The molecule has 0 saturated carbocycles. The Morgan fingerprint density at radius 1 is 1.09 bits per heavy atom. The zero-order valence-corrected chi connectivity index (χ0v) is 12.4. The molecule has 1 atom stereocenters. The van der Waals surface area contributed by atoms with E-state index < -0.39 is 6.10 Å². The lowest BCUT2D eigenvalue weighted by Gasteiger charge is -2.24. The number of hydrazone groups is 1. The Morgan fingerprint density at radius 2 is 1.83 bits per heavy atom. The molecule has 3 rings (SSSR count). The first-order valence-electron chi connectivity index (χ1n) is 7.26. The Morgan fingerprint density at radius 3 is 2.65 bits per heavy atom. The van der Waals surface area contributed by atoms with E-state index in [1.54, 1.807) is 18.2 Å². The molecular formula is C18H16N2O3. The minimum absolute atomic E-state index is 0.165. The second-order valence-corrected chi connectivity index (χ2v) is 4.89. The molecule has 2 aromatic rings. The smallest absolute Gasteiger partial charge is 0.284 e. The standard InChI is InChI=1S/C18H16N2O3/c21-18(17-13-22-15-10-4-5-11-16(15)23-17)20-19-12-6-9-14-7-2-1-3-8-14/h1-12,17H,13H2,(H,20,21)/b9-6+,19-12?. The number of allylic oxidation sites excluding steroid dienone is 1. The zero-order chi connectivity index (χ0) is 15.9. The van der Waals surface area contributed by atoms with Gasteiger partial charge in [0.2, 0.25) is 6.10 Å². The molecule has 1 aliphatic rings. The third-order valence-electron chi connectivity index (χ3n) is 3.22. The van der Waals surface area contributed by atoms with Gasteiger partial charge in [0.1, 0.15) is 6.61 Å². The van der Waals surface area contributed by atoms with Crippen molar-refractivity contribution in [3.05, 3.63) is 66.2 Å². The second-order valence-electron chi connectivity index (χ2n) is 4.89. The van der Waals surface area contributed by atoms with Gasteiger partial charge in [0.05, 0.1) is 0 Å². The Kier molecular flexibility index (Phi) is 4.69. The number of hydrogen-bond donors (Lipinski definition) is 1. The lowest BCUT2D eigenvalue weighted by Crippen LogP contribution is -2.42. The van der Waals surface area contributed by atoms with Crippen LogP contribution >= 0.6 is 0 Å². The van der Waals surface area contributed by atoms with Crippen LogP contribution in [0, 0.1) is 0 Å². The van der Waals surface area contributed by atoms with Gasteiger partial charge in [-0.3, -0.25) is 4.79 Å². The summed E-state index contributed by atoms with van der Waals surface area (Å²) in [5.74, 6) is 0.863. The van der Waals surface area contributed by atoms with Gasteiger partial charge >= 0.3 is 0 Å². The molecule has 0 aliphatic carbocycles. The molecule has 1 N–H and O–H groups in total. The highest BCUT2D eigenvalue weighted by molar-refractivity contribution is 5.84. The molecule has 0 radical (unpaired) electrons. The monoisotopic (exact) mass is 308 g/mol. The third kappa shape index (κ3) is 3.97. The molecule has 1 unspecified atom stereocenters. The molecule has 1 aliphatic heterocycles. The minimum Gasteiger partial charge on any atom is -0.485 e. The molecular weight excluding hydrogens is 292 g/mol. The van der Waals surface area contributed by atoms with Gasteiger partial charge in [-0.2, -0.15) is 5.10 Å². The SMILES string of the molecule is O=C(NN=C/C=C/c1ccccc1)C1COc2ccccc2O1. The Labute approximate surface area is 134 Å². The number of amides is 1. The van der Waals surface area contributed by atoms with Gasteiger partial charge in [0.15, 0.2) is 11.5 Å². The van der Waals surface area contributed by atoms with Crippen molar-refractivity contribution in [1.82, 2.24) is 5.43 Å². The third-order valence-corrected chi connectivity index (χ3v) is 3.22. The van der Waals surface area contributed by atoms with Crippen LogP contribution in [-0.2, 0) is 4.79 Å². The van der Waals surface area contributed by atoms with Gasteiger partial charge in [-0.25, -0.2) is 5.43 Å². The van der Waals surface area contributed by atoms with Crippen LogP contribution in [0.25, 0.3) is 6.08 Å². The Hall–Kier alpha value is -3.08. The van der Waals surface area contributed by atoms with Crippen LogP contribution in [0.2, 0.25) is 0 Å². The van der Waals surface area contributed by atoms with Crippen molar-refractivity contribution in [2.24, 2.45) is 5.10 Å². The molecule has 0 fully saturated rings. The fourth-order valence-corrected chi connectivity index (χ4v) is 2.08. The largest absolute Gasteiger partial charge is 0.485 e. The molecule has 0 spiro atoms. The van der Waals surface area contributed by atoms with E-state index in [0.717, 1.165) is 5.56 Å². The summed E-state index contributed by atoms with van der Waals surface area (Å²) in [5.41, 5.74) is 3.50. The van der Waals surface area contributed by atoms with Crippen LogP contribution < -0.4 is 14.9 Å². The highest BCUT2D eigenvalue weighted by Gasteiger charge is 2.26.